The molecule has 0 aromatic rings. The lowest BCUT2D eigenvalue weighted by Crippen LogP contribution is -2.11. The molecule has 1 heteroatoms. The first-order valence-corrected chi connectivity index (χ1v) is 5.34. The van der Waals surface area contributed by atoms with Crippen LogP contribution in [0.5, 0.6) is 0 Å². The van der Waals surface area contributed by atoms with Gasteiger partial charge in [-0.05, 0) is 42.9 Å². The lowest BCUT2D eigenvalue weighted by Gasteiger charge is -2.18. The molecule has 1 saturated carbocycles. The molecule has 2 rings (SSSR count). The van der Waals surface area contributed by atoms with Gasteiger partial charge in [0, 0.05) is 5.57 Å². The Hall–Kier alpha value is -0.770. The SMILES string of the molecule is CC(C)CC1C2C=C(C#N)C1CC2. The zero-order valence-electron chi connectivity index (χ0n) is 8.46. The third-order valence-corrected chi connectivity index (χ3v) is 3.54. The Kier molecular flexibility index (Phi) is 2.15. The highest BCUT2D eigenvalue weighted by atomic mass is 14.5. The van der Waals surface area contributed by atoms with E-state index in [-0.39, 0.29) is 0 Å². The van der Waals surface area contributed by atoms with Crippen molar-refractivity contribution < 1.29 is 0 Å². The zero-order valence-corrected chi connectivity index (χ0v) is 8.46. The molecule has 2 aliphatic carbocycles. The van der Waals surface area contributed by atoms with E-state index in [0.717, 1.165) is 23.3 Å². The largest absolute Gasteiger partial charge is 0.193 e. The molecule has 2 aliphatic rings. The molecule has 1 nitrogen and oxygen atoms in total. The summed E-state index contributed by atoms with van der Waals surface area (Å²) < 4.78 is 0. The Morgan fingerprint density at radius 3 is 2.85 bits per heavy atom. The van der Waals surface area contributed by atoms with Gasteiger partial charge in [0.15, 0.2) is 0 Å². The third-order valence-electron chi connectivity index (χ3n) is 3.54. The minimum atomic E-state index is 0.623. The number of nitrogens with zero attached hydrogens (tertiary/aromatic N) is 1. The molecule has 0 amide bonds. The van der Waals surface area contributed by atoms with E-state index in [4.69, 9.17) is 5.26 Å². The van der Waals surface area contributed by atoms with Gasteiger partial charge in [-0.15, -0.1) is 0 Å². The summed E-state index contributed by atoms with van der Waals surface area (Å²) in [5, 5.41) is 8.92. The average molecular weight is 175 g/mol. The average Bonchev–Trinajstić information content (AvgIpc) is 2.61. The molecule has 2 bridgehead atoms. The molecule has 1 fully saturated rings. The van der Waals surface area contributed by atoms with E-state index >= 15 is 0 Å². The van der Waals surface area contributed by atoms with Crippen LogP contribution >= 0.6 is 0 Å². The van der Waals surface area contributed by atoms with Crippen LogP contribution in [0.25, 0.3) is 0 Å². The van der Waals surface area contributed by atoms with E-state index in [1.807, 2.05) is 0 Å². The molecule has 3 atom stereocenters. The molecule has 0 aromatic heterocycles. The minimum Gasteiger partial charge on any atom is -0.193 e. The highest BCUT2D eigenvalue weighted by Gasteiger charge is 2.42. The van der Waals surface area contributed by atoms with E-state index in [0.29, 0.717) is 5.92 Å². The maximum absolute atomic E-state index is 8.92. The van der Waals surface area contributed by atoms with Crippen molar-refractivity contribution in [2.45, 2.75) is 33.1 Å². The molecule has 3 unspecified atom stereocenters. The lowest BCUT2D eigenvalue weighted by molar-refractivity contribution is 0.342. The van der Waals surface area contributed by atoms with Gasteiger partial charge in [0.25, 0.3) is 0 Å². The van der Waals surface area contributed by atoms with Crippen molar-refractivity contribution in [1.29, 1.82) is 5.26 Å². The molecular formula is C12H17N. The maximum Gasteiger partial charge on any atom is 0.0946 e. The van der Waals surface area contributed by atoms with Gasteiger partial charge >= 0.3 is 0 Å². The molecule has 0 aromatic carbocycles. The molecule has 0 N–H and O–H groups in total. The monoisotopic (exact) mass is 175 g/mol. The Bertz CT molecular complexity index is 269. The summed E-state index contributed by atoms with van der Waals surface area (Å²) >= 11 is 0. The normalized spacial score (nSPS) is 36.5. The van der Waals surface area contributed by atoms with Crippen molar-refractivity contribution in [3.05, 3.63) is 11.6 Å². The number of rotatable bonds is 2. The first-order valence-electron chi connectivity index (χ1n) is 5.34. The van der Waals surface area contributed by atoms with Crippen molar-refractivity contribution in [3.63, 3.8) is 0 Å². The Balaban J connectivity index is 2.09. The van der Waals surface area contributed by atoms with Crippen LogP contribution in [0.1, 0.15) is 33.1 Å². The second-order valence-electron chi connectivity index (χ2n) is 4.87. The van der Waals surface area contributed by atoms with E-state index in [9.17, 15) is 0 Å². The highest BCUT2D eigenvalue weighted by Crippen LogP contribution is 2.50. The van der Waals surface area contributed by atoms with Crippen LogP contribution in [0, 0.1) is 35.0 Å². The molecule has 0 saturated heterocycles. The summed E-state index contributed by atoms with van der Waals surface area (Å²) in [4.78, 5) is 0. The van der Waals surface area contributed by atoms with Crippen molar-refractivity contribution in [2.24, 2.45) is 23.7 Å². The molecule has 0 spiro atoms. The summed E-state index contributed by atoms with van der Waals surface area (Å²) in [5.41, 5.74) is 1.09. The standard InChI is InChI=1S/C12H17N/c1-8(2)5-12-9-3-4-11(12)10(6-9)7-13/h6,8-9,11-12H,3-5H2,1-2H3. The highest BCUT2D eigenvalue weighted by molar-refractivity contribution is 5.33. The summed E-state index contributed by atoms with van der Waals surface area (Å²) in [6.45, 7) is 4.56. The van der Waals surface area contributed by atoms with Crippen LogP contribution in [0.4, 0.5) is 0 Å². The number of allylic oxidation sites excluding steroid dienone is 2. The van der Waals surface area contributed by atoms with Crippen molar-refractivity contribution >= 4 is 0 Å². The van der Waals surface area contributed by atoms with Gasteiger partial charge in [0.05, 0.1) is 6.07 Å². The summed E-state index contributed by atoms with van der Waals surface area (Å²) in [6.07, 6.45) is 6.13. The fraction of sp³-hybridized carbons (Fsp3) is 0.750. The van der Waals surface area contributed by atoms with Gasteiger partial charge in [-0.1, -0.05) is 19.9 Å². The molecule has 13 heavy (non-hydrogen) atoms. The predicted molar refractivity (Wildman–Crippen MR) is 52.9 cm³/mol. The Morgan fingerprint density at radius 2 is 2.31 bits per heavy atom. The first kappa shape index (κ1) is 8.81. The first-order chi connectivity index (χ1) is 6.22. The Labute approximate surface area is 80.4 Å². The molecule has 0 heterocycles. The van der Waals surface area contributed by atoms with Crippen LogP contribution in [-0.4, -0.2) is 0 Å². The maximum atomic E-state index is 8.92. The van der Waals surface area contributed by atoms with E-state index in [1.165, 1.54) is 19.3 Å². The summed E-state index contributed by atoms with van der Waals surface area (Å²) in [6, 6.07) is 2.36. The number of fused-ring (bicyclic) bond motifs is 2. The van der Waals surface area contributed by atoms with E-state index in [1.54, 1.807) is 0 Å². The molecule has 0 radical (unpaired) electrons. The Morgan fingerprint density at radius 1 is 1.54 bits per heavy atom. The van der Waals surface area contributed by atoms with Gasteiger partial charge in [-0.25, -0.2) is 0 Å². The number of hydrogen-bond acceptors (Lipinski definition) is 1. The minimum absolute atomic E-state index is 0.623. The second kappa shape index (κ2) is 3.18. The quantitative estimate of drug-likeness (QED) is 0.632. The second-order valence-corrected chi connectivity index (χ2v) is 4.87. The van der Waals surface area contributed by atoms with Crippen LogP contribution in [-0.2, 0) is 0 Å². The van der Waals surface area contributed by atoms with Gasteiger partial charge in [0.1, 0.15) is 0 Å². The van der Waals surface area contributed by atoms with Gasteiger partial charge in [-0.2, -0.15) is 5.26 Å². The van der Waals surface area contributed by atoms with Crippen molar-refractivity contribution in [3.8, 4) is 6.07 Å². The molecule has 70 valence electrons. The number of hydrogen-bond donors (Lipinski definition) is 0. The topological polar surface area (TPSA) is 23.8 Å². The van der Waals surface area contributed by atoms with Gasteiger partial charge in [-0.3, -0.25) is 0 Å². The fourth-order valence-electron chi connectivity index (χ4n) is 3.05. The van der Waals surface area contributed by atoms with Crippen LogP contribution in [0.15, 0.2) is 11.6 Å². The number of nitriles is 1. The molecule has 0 aliphatic heterocycles. The smallest absolute Gasteiger partial charge is 0.0946 e. The van der Waals surface area contributed by atoms with Gasteiger partial charge in [0.2, 0.25) is 0 Å². The predicted octanol–water partition coefficient (Wildman–Crippen LogP) is 3.14. The van der Waals surface area contributed by atoms with Crippen LogP contribution in [0.3, 0.4) is 0 Å². The van der Waals surface area contributed by atoms with Gasteiger partial charge < -0.3 is 0 Å². The van der Waals surface area contributed by atoms with E-state index in [2.05, 4.69) is 26.0 Å². The van der Waals surface area contributed by atoms with Crippen molar-refractivity contribution in [1.82, 2.24) is 0 Å². The lowest BCUT2D eigenvalue weighted by atomic mass is 9.86. The summed E-state index contributed by atoms with van der Waals surface area (Å²) in [7, 11) is 0. The van der Waals surface area contributed by atoms with Crippen molar-refractivity contribution in [2.75, 3.05) is 0 Å². The van der Waals surface area contributed by atoms with Crippen LogP contribution < -0.4 is 0 Å². The zero-order chi connectivity index (χ0) is 9.42. The molecular weight excluding hydrogens is 158 g/mol. The summed E-state index contributed by atoms with van der Waals surface area (Å²) in [5.74, 6) is 2.94. The fourth-order valence-corrected chi connectivity index (χ4v) is 3.05. The van der Waals surface area contributed by atoms with E-state index < -0.39 is 0 Å². The third kappa shape index (κ3) is 1.39. The van der Waals surface area contributed by atoms with Crippen LogP contribution in [0.2, 0.25) is 0 Å².